The molecule has 0 unspecified atom stereocenters. The predicted octanol–water partition coefficient (Wildman–Crippen LogP) is 2.27. The van der Waals surface area contributed by atoms with E-state index in [0.29, 0.717) is 11.6 Å². The van der Waals surface area contributed by atoms with E-state index in [9.17, 15) is 0 Å². The summed E-state index contributed by atoms with van der Waals surface area (Å²) in [5.41, 5.74) is 3.38. The largest absolute Gasteiger partial charge is 0.339 e. The molecule has 0 saturated heterocycles. The Labute approximate surface area is 101 Å². The Morgan fingerprint density at radius 1 is 1.06 bits per heavy atom. The number of hydrogen-bond acceptors (Lipinski definition) is 5. The molecule has 6 heteroatoms. The number of rotatable bonds is 3. The van der Waals surface area contributed by atoms with Gasteiger partial charge in [0, 0.05) is 10.2 Å². The average molecular weight is 280 g/mol. The Bertz CT molecular complexity index is 471. The Morgan fingerprint density at radius 2 is 1.75 bits per heavy atom. The normalized spacial score (nSPS) is 9.88. The molecule has 0 radical (unpaired) electrons. The molecule has 0 amide bonds. The van der Waals surface area contributed by atoms with Crippen molar-refractivity contribution in [2.45, 2.75) is 0 Å². The number of hydrogen-bond donors (Lipinski definition) is 3. The maximum Gasteiger partial charge on any atom is 0.160 e. The van der Waals surface area contributed by atoms with E-state index < -0.39 is 0 Å². The molecular formula is C10H10BrN5. The second kappa shape index (κ2) is 4.91. The zero-order valence-corrected chi connectivity index (χ0v) is 9.90. The van der Waals surface area contributed by atoms with Gasteiger partial charge in [0.05, 0.1) is 12.4 Å². The van der Waals surface area contributed by atoms with Crippen molar-refractivity contribution in [2.24, 2.45) is 5.84 Å². The van der Waals surface area contributed by atoms with E-state index in [1.165, 1.54) is 0 Å². The minimum absolute atomic E-state index is 0.516. The standard InChI is InChI=1S/C10H10BrN5/c11-7-1-3-8(4-2-7)14-9-5-13-6-10(15-9)16-12/h1-6H,12H2,(H2,14,15,16). The highest BCUT2D eigenvalue weighted by Gasteiger charge is 1.98. The number of anilines is 3. The lowest BCUT2D eigenvalue weighted by atomic mass is 10.3. The van der Waals surface area contributed by atoms with Crippen molar-refractivity contribution in [3.05, 3.63) is 41.1 Å². The van der Waals surface area contributed by atoms with E-state index in [2.05, 4.69) is 36.6 Å². The second-order valence-electron chi connectivity index (χ2n) is 3.07. The summed E-state index contributed by atoms with van der Waals surface area (Å²) in [6, 6.07) is 7.77. The summed E-state index contributed by atoms with van der Waals surface area (Å²) in [5.74, 6) is 6.40. The van der Waals surface area contributed by atoms with E-state index in [4.69, 9.17) is 5.84 Å². The van der Waals surface area contributed by atoms with Crippen molar-refractivity contribution in [2.75, 3.05) is 10.7 Å². The van der Waals surface area contributed by atoms with Gasteiger partial charge in [-0.2, -0.15) is 0 Å². The van der Waals surface area contributed by atoms with E-state index in [1.807, 2.05) is 24.3 Å². The molecule has 0 fully saturated rings. The summed E-state index contributed by atoms with van der Waals surface area (Å²) < 4.78 is 1.03. The molecule has 0 atom stereocenters. The van der Waals surface area contributed by atoms with Gasteiger partial charge in [0.2, 0.25) is 0 Å². The lowest BCUT2D eigenvalue weighted by Crippen LogP contribution is -2.09. The van der Waals surface area contributed by atoms with Crippen LogP contribution in [0.1, 0.15) is 0 Å². The monoisotopic (exact) mass is 279 g/mol. The van der Waals surface area contributed by atoms with E-state index in [1.54, 1.807) is 12.4 Å². The third-order valence-electron chi connectivity index (χ3n) is 1.90. The first-order valence-electron chi connectivity index (χ1n) is 4.59. The van der Waals surface area contributed by atoms with Gasteiger partial charge in [-0.05, 0) is 24.3 Å². The van der Waals surface area contributed by atoms with Crippen LogP contribution in [0, 0.1) is 0 Å². The first-order valence-corrected chi connectivity index (χ1v) is 5.38. The van der Waals surface area contributed by atoms with Crippen LogP contribution in [0.25, 0.3) is 0 Å². The maximum atomic E-state index is 5.25. The van der Waals surface area contributed by atoms with Crippen LogP contribution in [-0.4, -0.2) is 9.97 Å². The Balaban J connectivity index is 2.16. The molecule has 16 heavy (non-hydrogen) atoms. The minimum atomic E-state index is 0.516. The smallest absolute Gasteiger partial charge is 0.160 e. The molecular weight excluding hydrogens is 270 g/mol. The molecule has 82 valence electrons. The molecule has 2 aromatic rings. The fraction of sp³-hybridized carbons (Fsp3) is 0. The van der Waals surface area contributed by atoms with Gasteiger partial charge < -0.3 is 10.7 Å². The molecule has 1 aromatic carbocycles. The summed E-state index contributed by atoms with van der Waals surface area (Å²) >= 11 is 3.37. The fourth-order valence-electron chi connectivity index (χ4n) is 1.18. The van der Waals surface area contributed by atoms with Crippen LogP contribution >= 0.6 is 15.9 Å². The van der Waals surface area contributed by atoms with E-state index in [0.717, 1.165) is 10.2 Å². The van der Waals surface area contributed by atoms with Gasteiger partial charge in [0.25, 0.3) is 0 Å². The maximum absolute atomic E-state index is 5.25. The number of nitrogens with two attached hydrogens (primary N) is 1. The summed E-state index contributed by atoms with van der Waals surface area (Å²) in [5, 5.41) is 3.12. The topological polar surface area (TPSA) is 75.9 Å². The molecule has 0 aliphatic rings. The van der Waals surface area contributed by atoms with Crippen molar-refractivity contribution in [3.8, 4) is 0 Å². The van der Waals surface area contributed by atoms with Gasteiger partial charge in [-0.3, -0.25) is 4.98 Å². The lowest BCUT2D eigenvalue weighted by molar-refractivity contribution is 1.16. The zero-order valence-electron chi connectivity index (χ0n) is 8.31. The second-order valence-corrected chi connectivity index (χ2v) is 3.98. The van der Waals surface area contributed by atoms with Crippen LogP contribution in [-0.2, 0) is 0 Å². The van der Waals surface area contributed by atoms with Gasteiger partial charge in [-0.15, -0.1) is 0 Å². The Kier molecular flexibility index (Phi) is 3.33. The lowest BCUT2D eigenvalue weighted by Gasteiger charge is -2.06. The number of nitrogen functional groups attached to an aromatic ring is 1. The molecule has 0 spiro atoms. The number of nitrogens with zero attached hydrogens (tertiary/aromatic N) is 2. The summed E-state index contributed by atoms with van der Waals surface area (Å²) in [6.07, 6.45) is 3.18. The van der Waals surface area contributed by atoms with Crippen LogP contribution in [0.3, 0.4) is 0 Å². The summed E-state index contributed by atoms with van der Waals surface area (Å²) in [4.78, 5) is 8.18. The molecule has 5 nitrogen and oxygen atoms in total. The Morgan fingerprint density at radius 3 is 2.44 bits per heavy atom. The minimum Gasteiger partial charge on any atom is -0.339 e. The predicted molar refractivity (Wildman–Crippen MR) is 67.3 cm³/mol. The van der Waals surface area contributed by atoms with Crippen molar-refractivity contribution in [1.29, 1.82) is 0 Å². The highest BCUT2D eigenvalue weighted by Crippen LogP contribution is 2.17. The number of halogens is 1. The van der Waals surface area contributed by atoms with Crippen molar-refractivity contribution in [3.63, 3.8) is 0 Å². The van der Waals surface area contributed by atoms with Crippen LogP contribution in [0.2, 0.25) is 0 Å². The third kappa shape index (κ3) is 2.68. The van der Waals surface area contributed by atoms with Crippen molar-refractivity contribution < 1.29 is 0 Å². The first kappa shape index (κ1) is 10.8. The zero-order chi connectivity index (χ0) is 11.4. The molecule has 1 heterocycles. The Hall–Kier alpha value is -1.66. The van der Waals surface area contributed by atoms with Gasteiger partial charge >= 0.3 is 0 Å². The van der Waals surface area contributed by atoms with Crippen LogP contribution in [0.4, 0.5) is 17.3 Å². The highest BCUT2D eigenvalue weighted by atomic mass is 79.9. The van der Waals surface area contributed by atoms with Crippen LogP contribution in [0.5, 0.6) is 0 Å². The van der Waals surface area contributed by atoms with E-state index in [-0.39, 0.29) is 0 Å². The van der Waals surface area contributed by atoms with Gasteiger partial charge in [-0.25, -0.2) is 10.8 Å². The van der Waals surface area contributed by atoms with E-state index >= 15 is 0 Å². The van der Waals surface area contributed by atoms with Crippen molar-refractivity contribution >= 4 is 33.3 Å². The third-order valence-corrected chi connectivity index (χ3v) is 2.43. The molecule has 1 aromatic heterocycles. The van der Waals surface area contributed by atoms with Gasteiger partial charge in [-0.1, -0.05) is 15.9 Å². The molecule has 4 N–H and O–H groups in total. The van der Waals surface area contributed by atoms with Crippen molar-refractivity contribution in [1.82, 2.24) is 9.97 Å². The SMILES string of the molecule is NNc1cncc(Nc2ccc(Br)cc2)n1. The molecule has 2 rings (SSSR count). The quantitative estimate of drug-likeness (QED) is 0.594. The van der Waals surface area contributed by atoms with Crippen LogP contribution < -0.4 is 16.6 Å². The number of hydrazine groups is 1. The average Bonchev–Trinajstić information content (AvgIpc) is 2.32. The molecule has 0 aliphatic heterocycles. The fourth-order valence-corrected chi connectivity index (χ4v) is 1.44. The van der Waals surface area contributed by atoms with Crippen LogP contribution in [0.15, 0.2) is 41.1 Å². The molecule has 0 bridgehead atoms. The highest BCUT2D eigenvalue weighted by molar-refractivity contribution is 9.10. The number of aromatic nitrogens is 2. The number of nitrogens with one attached hydrogen (secondary N) is 2. The first-order chi connectivity index (χ1) is 7.78. The van der Waals surface area contributed by atoms with Gasteiger partial charge in [0.15, 0.2) is 11.6 Å². The van der Waals surface area contributed by atoms with Gasteiger partial charge in [0.1, 0.15) is 0 Å². The summed E-state index contributed by atoms with van der Waals surface area (Å²) in [7, 11) is 0. The number of benzene rings is 1. The summed E-state index contributed by atoms with van der Waals surface area (Å²) in [6.45, 7) is 0. The molecule has 0 aliphatic carbocycles. The molecule has 0 saturated carbocycles.